The first kappa shape index (κ1) is 23.0. The van der Waals surface area contributed by atoms with E-state index in [4.69, 9.17) is 0 Å². The number of anilines is 1. The Morgan fingerprint density at radius 2 is 1.33 bits per heavy atom. The Bertz CT molecular complexity index is 1700. The zero-order valence-electron chi connectivity index (χ0n) is 19.8. The molecule has 0 unspecified atom stereocenters. The molecule has 0 radical (unpaired) electrons. The van der Waals surface area contributed by atoms with Crippen LogP contribution in [0.2, 0.25) is 0 Å². The van der Waals surface area contributed by atoms with Gasteiger partial charge in [0, 0.05) is 16.4 Å². The van der Waals surface area contributed by atoms with Crippen LogP contribution in [-0.2, 0) is 16.4 Å². The van der Waals surface area contributed by atoms with Crippen molar-refractivity contribution >= 4 is 42.4 Å². The van der Waals surface area contributed by atoms with Gasteiger partial charge in [0.25, 0.3) is 10.0 Å². The van der Waals surface area contributed by atoms with E-state index in [0.29, 0.717) is 17.9 Å². The summed E-state index contributed by atoms with van der Waals surface area (Å²) in [6.45, 7) is 2.37. The monoisotopic (exact) mass is 553 g/mol. The van der Waals surface area contributed by atoms with Crippen LogP contribution in [-0.4, -0.2) is 15.0 Å². The van der Waals surface area contributed by atoms with E-state index in [0.717, 1.165) is 54.3 Å². The molecule has 1 aliphatic rings. The van der Waals surface area contributed by atoms with Crippen molar-refractivity contribution in [3.8, 4) is 22.3 Å². The third kappa shape index (κ3) is 3.74. The van der Waals surface area contributed by atoms with Gasteiger partial charge in [-0.25, -0.2) is 8.42 Å². The zero-order chi connectivity index (χ0) is 24.9. The molecule has 0 fully saturated rings. The smallest absolute Gasteiger partial charge is 0.264 e. The molecule has 0 saturated carbocycles. The van der Waals surface area contributed by atoms with E-state index in [9.17, 15) is 8.42 Å². The summed E-state index contributed by atoms with van der Waals surface area (Å²) in [6.07, 6.45) is 0.649. The first-order valence-electron chi connectivity index (χ1n) is 11.9. The first-order valence-corrected chi connectivity index (χ1v) is 14.2. The molecule has 5 aromatic carbocycles. The van der Waals surface area contributed by atoms with Gasteiger partial charge in [0.2, 0.25) is 0 Å². The van der Waals surface area contributed by atoms with Crippen LogP contribution in [0.15, 0.2) is 112 Å². The van der Waals surface area contributed by atoms with Crippen molar-refractivity contribution in [1.82, 2.24) is 0 Å². The van der Waals surface area contributed by atoms with E-state index in [-0.39, 0.29) is 0 Å². The van der Waals surface area contributed by atoms with E-state index < -0.39 is 10.0 Å². The summed E-state index contributed by atoms with van der Waals surface area (Å²) in [5, 5.41) is 1.97. The molecule has 0 saturated heterocycles. The van der Waals surface area contributed by atoms with Crippen molar-refractivity contribution in [3.63, 3.8) is 0 Å². The van der Waals surface area contributed by atoms with Gasteiger partial charge >= 0.3 is 0 Å². The van der Waals surface area contributed by atoms with E-state index in [1.165, 1.54) is 0 Å². The lowest BCUT2D eigenvalue weighted by atomic mass is 9.85. The van der Waals surface area contributed by atoms with Gasteiger partial charge in [-0.2, -0.15) is 0 Å². The number of nitrogens with zero attached hydrogens (tertiary/aromatic N) is 1. The van der Waals surface area contributed by atoms with Crippen molar-refractivity contribution in [3.05, 3.63) is 119 Å². The van der Waals surface area contributed by atoms with E-state index in [2.05, 4.69) is 58.4 Å². The number of benzene rings is 5. The average molecular weight is 555 g/mol. The lowest BCUT2D eigenvalue weighted by Crippen LogP contribution is -2.29. The molecule has 1 heterocycles. The summed E-state index contributed by atoms with van der Waals surface area (Å²) >= 11 is 3.67. The second-order valence-corrected chi connectivity index (χ2v) is 11.9. The maximum atomic E-state index is 13.9. The Hall–Kier alpha value is -3.41. The highest BCUT2D eigenvalue weighted by Crippen LogP contribution is 2.50. The maximum Gasteiger partial charge on any atom is 0.264 e. The van der Waals surface area contributed by atoms with Crippen LogP contribution in [0.25, 0.3) is 33.0 Å². The maximum absolute atomic E-state index is 13.9. The Kier molecular flexibility index (Phi) is 5.70. The molecular weight excluding hydrogens is 530 g/mol. The minimum absolute atomic E-state index is 0.319. The normalized spacial score (nSPS) is 13.2. The van der Waals surface area contributed by atoms with Gasteiger partial charge in [0.05, 0.1) is 10.6 Å². The predicted molar refractivity (Wildman–Crippen MR) is 152 cm³/mol. The molecule has 1 aliphatic heterocycles. The fraction of sp³-hybridized carbons (Fsp3) is 0.0968. The molecule has 0 bridgehead atoms. The highest BCUT2D eigenvalue weighted by molar-refractivity contribution is 9.10. The first-order chi connectivity index (χ1) is 17.4. The summed E-state index contributed by atoms with van der Waals surface area (Å²) in [7, 11) is -3.73. The topological polar surface area (TPSA) is 37.4 Å². The van der Waals surface area contributed by atoms with Gasteiger partial charge in [-0.05, 0) is 70.8 Å². The fourth-order valence-corrected chi connectivity index (χ4v) is 7.13. The Labute approximate surface area is 220 Å². The third-order valence-corrected chi connectivity index (χ3v) is 9.20. The van der Waals surface area contributed by atoms with Gasteiger partial charge in [0.15, 0.2) is 0 Å². The molecule has 6 rings (SSSR count). The van der Waals surface area contributed by atoms with Crippen molar-refractivity contribution in [2.24, 2.45) is 0 Å². The highest BCUT2D eigenvalue weighted by atomic mass is 79.9. The fourth-order valence-electron chi connectivity index (χ4n) is 5.26. The molecule has 178 valence electrons. The highest BCUT2D eigenvalue weighted by Gasteiger charge is 2.35. The van der Waals surface area contributed by atoms with Crippen molar-refractivity contribution in [1.29, 1.82) is 0 Å². The number of halogens is 1. The third-order valence-electron chi connectivity index (χ3n) is 6.89. The largest absolute Gasteiger partial charge is 0.265 e. The van der Waals surface area contributed by atoms with Crippen LogP contribution < -0.4 is 4.31 Å². The number of hydrogen-bond donors (Lipinski definition) is 0. The van der Waals surface area contributed by atoms with Crippen LogP contribution in [0, 0.1) is 6.92 Å². The van der Waals surface area contributed by atoms with Crippen molar-refractivity contribution in [2.45, 2.75) is 18.2 Å². The summed E-state index contributed by atoms with van der Waals surface area (Å²) in [5.74, 6) is 0. The molecule has 0 aliphatic carbocycles. The molecule has 36 heavy (non-hydrogen) atoms. The average Bonchev–Trinajstić information content (AvgIpc) is 3.35. The second-order valence-electron chi connectivity index (χ2n) is 9.14. The molecule has 3 nitrogen and oxygen atoms in total. The van der Waals surface area contributed by atoms with Gasteiger partial charge in [0.1, 0.15) is 0 Å². The number of fused-ring (bicyclic) bond motifs is 3. The Morgan fingerprint density at radius 3 is 1.97 bits per heavy atom. The second kappa shape index (κ2) is 8.91. The Morgan fingerprint density at radius 1 is 0.722 bits per heavy atom. The number of rotatable bonds is 4. The molecule has 0 atom stereocenters. The summed E-state index contributed by atoms with van der Waals surface area (Å²) in [6, 6.07) is 34.0. The van der Waals surface area contributed by atoms with Crippen LogP contribution in [0.1, 0.15) is 11.1 Å². The molecule has 0 aromatic heterocycles. The van der Waals surface area contributed by atoms with Gasteiger partial charge in [-0.15, -0.1) is 0 Å². The van der Waals surface area contributed by atoms with Crippen LogP contribution >= 0.6 is 15.9 Å². The van der Waals surface area contributed by atoms with Crippen LogP contribution in [0.5, 0.6) is 0 Å². The molecule has 5 heteroatoms. The SMILES string of the molecule is Cc1ccc(S(=O)(=O)N2CCc3c(-c4ccccc4)c(-c4ccccc4)c4cc(Br)ccc4c32)cc1. The van der Waals surface area contributed by atoms with Gasteiger partial charge in [-0.3, -0.25) is 4.31 Å². The lowest BCUT2D eigenvalue weighted by molar-refractivity contribution is 0.592. The quantitative estimate of drug-likeness (QED) is 0.226. The summed E-state index contributed by atoms with van der Waals surface area (Å²) in [4.78, 5) is 0.319. The lowest BCUT2D eigenvalue weighted by Gasteiger charge is -2.24. The summed E-state index contributed by atoms with van der Waals surface area (Å²) < 4.78 is 30.4. The minimum atomic E-state index is -3.73. The number of hydrogen-bond acceptors (Lipinski definition) is 2. The molecule has 0 amide bonds. The molecular formula is C31H24BrNO2S. The molecule has 0 N–H and O–H groups in total. The van der Waals surface area contributed by atoms with E-state index in [1.807, 2.05) is 55.5 Å². The standard InChI is InChI=1S/C31H24BrNO2S/c1-21-12-15-25(16-13-21)36(34,35)33-19-18-27-29(22-8-4-2-5-9-22)30(23-10-6-3-7-11-23)28-20-24(32)14-17-26(28)31(27)33/h2-17,20H,18-19H2,1H3. The predicted octanol–water partition coefficient (Wildman–Crippen LogP) is 8.00. The molecule has 5 aromatic rings. The minimum Gasteiger partial charge on any atom is -0.265 e. The molecule has 0 spiro atoms. The number of aryl methyl sites for hydroxylation is 1. The van der Waals surface area contributed by atoms with Crippen molar-refractivity contribution < 1.29 is 8.42 Å². The summed E-state index contributed by atoms with van der Waals surface area (Å²) in [5.41, 5.74) is 7.33. The zero-order valence-corrected chi connectivity index (χ0v) is 22.2. The van der Waals surface area contributed by atoms with Crippen molar-refractivity contribution in [2.75, 3.05) is 10.8 Å². The van der Waals surface area contributed by atoms with Crippen LogP contribution in [0.4, 0.5) is 5.69 Å². The van der Waals surface area contributed by atoms with Crippen LogP contribution in [0.3, 0.4) is 0 Å². The van der Waals surface area contributed by atoms with E-state index >= 15 is 0 Å². The Balaban J connectivity index is 1.72. The number of sulfonamides is 1. The van der Waals surface area contributed by atoms with Gasteiger partial charge in [-0.1, -0.05) is 100 Å². The van der Waals surface area contributed by atoms with E-state index in [1.54, 1.807) is 16.4 Å². The van der Waals surface area contributed by atoms with Gasteiger partial charge < -0.3 is 0 Å².